The van der Waals surface area contributed by atoms with Crippen LogP contribution in [0.15, 0.2) is 0 Å². The topological polar surface area (TPSA) is 20.2 Å². The molecule has 194 valence electrons. The Hall–Kier alpha value is -0.0400. The van der Waals surface area contributed by atoms with Gasteiger partial charge in [0.25, 0.3) is 0 Å². The van der Waals surface area contributed by atoms with Crippen molar-refractivity contribution >= 4 is 0 Å². The SMILES string of the molecule is CCCC(CC)C(CC)C(CC)CCCC(CO)CCC(CC)C(CC)C(CC)CCC. The van der Waals surface area contributed by atoms with Crippen LogP contribution in [-0.4, -0.2) is 11.7 Å². The van der Waals surface area contributed by atoms with Crippen molar-refractivity contribution in [1.29, 1.82) is 0 Å². The molecule has 1 nitrogen and oxygen atoms in total. The maximum absolute atomic E-state index is 10.1. The molecule has 0 aromatic heterocycles. The largest absolute Gasteiger partial charge is 0.396 e. The fourth-order valence-corrected chi connectivity index (χ4v) is 7.17. The Labute approximate surface area is 204 Å². The van der Waals surface area contributed by atoms with Crippen LogP contribution in [0, 0.1) is 41.4 Å². The molecule has 0 rings (SSSR count). The van der Waals surface area contributed by atoms with Crippen molar-refractivity contribution in [3.8, 4) is 0 Å². The van der Waals surface area contributed by atoms with Gasteiger partial charge in [-0.1, -0.05) is 132 Å². The van der Waals surface area contributed by atoms with E-state index < -0.39 is 0 Å². The summed E-state index contributed by atoms with van der Waals surface area (Å²) in [5.74, 6) is 5.83. The Morgan fingerprint density at radius 3 is 1.19 bits per heavy atom. The Kier molecular flexibility index (Phi) is 20.3. The lowest BCUT2D eigenvalue weighted by Gasteiger charge is -2.34. The molecule has 0 spiro atoms. The maximum atomic E-state index is 10.1. The first-order chi connectivity index (χ1) is 15.5. The molecule has 7 unspecified atom stereocenters. The summed E-state index contributed by atoms with van der Waals surface area (Å²) >= 11 is 0. The van der Waals surface area contributed by atoms with Gasteiger partial charge in [-0.2, -0.15) is 0 Å². The molecule has 7 atom stereocenters. The Morgan fingerprint density at radius 2 is 0.844 bits per heavy atom. The van der Waals surface area contributed by atoms with Gasteiger partial charge in [0.1, 0.15) is 0 Å². The third kappa shape index (κ3) is 11.4. The molecule has 0 aromatic rings. The Morgan fingerprint density at radius 1 is 0.438 bits per heavy atom. The molecular formula is C31H64O. The van der Waals surface area contributed by atoms with Crippen LogP contribution < -0.4 is 0 Å². The average Bonchev–Trinajstić information content (AvgIpc) is 2.82. The van der Waals surface area contributed by atoms with Gasteiger partial charge in [0.2, 0.25) is 0 Å². The van der Waals surface area contributed by atoms with Crippen LogP contribution in [0.3, 0.4) is 0 Å². The summed E-state index contributed by atoms with van der Waals surface area (Å²) in [6.45, 7) is 19.5. The zero-order chi connectivity index (χ0) is 24.4. The average molecular weight is 453 g/mol. The van der Waals surface area contributed by atoms with Gasteiger partial charge in [0.05, 0.1) is 0 Å². The van der Waals surface area contributed by atoms with Crippen LogP contribution in [0.1, 0.15) is 152 Å². The highest BCUT2D eigenvalue weighted by molar-refractivity contribution is 4.78. The maximum Gasteiger partial charge on any atom is 0.0459 e. The molecule has 0 radical (unpaired) electrons. The fraction of sp³-hybridized carbons (Fsp3) is 1.00. The highest BCUT2D eigenvalue weighted by Gasteiger charge is 2.27. The molecule has 0 aliphatic carbocycles. The first kappa shape index (κ1) is 32.0. The van der Waals surface area contributed by atoms with E-state index >= 15 is 0 Å². The van der Waals surface area contributed by atoms with Gasteiger partial charge in [-0.05, 0) is 60.7 Å². The monoisotopic (exact) mass is 452 g/mol. The highest BCUT2D eigenvalue weighted by atomic mass is 16.3. The first-order valence-corrected chi connectivity index (χ1v) is 15.1. The minimum Gasteiger partial charge on any atom is -0.396 e. The summed E-state index contributed by atoms with van der Waals surface area (Å²) in [7, 11) is 0. The van der Waals surface area contributed by atoms with Crippen molar-refractivity contribution in [2.75, 3.05) is 6.61 Å². The Balaban J connectivity index is 4.79. The van der Waals surface area contributed by atoms with E-state index in [0.29, 0.717) is 12.5 Å². The lowest BCUT2D eigenvalue weighted by Crippen LogP contribution is -2.24. The van der Waals surface area contributed by atoms with Crippen molar-refractivity contribution in [2.45, 2.75) is 152 Å². The third-order valence-electron chi connectivity index (χ3n) is 9.17. The van der Waals surface area contributed by atoms with Crippen molar-refractivity contribution in [3.05, 3.63) is 0 Å². The third-order valence-corrected chi connectivity index (χ3v) is 9.17. The van der Waals surface area contributed by atoms with Crippen molar-refractivity contribution in [2.24, 2.45) is 41.4 Å². The van der Waals surface area contributed by atoms with Crippen molar-refractivity contribution in [1.82, 2.24) is 0 Å². The van der Waals surface area contributed by atoms with Crippen LogP contribution in [-0.2, 0) is 0 Å². The van der Waals surface area contributed by atoms with E-state index in [9.17, 15) is 5.11 Å². The molecular weight excluding hydrogens is 388 g/mol. The lowest BCUT2D eigenvalue weighted by atomic mass is 9.72. The number of hydrogen-bond acceptors (Lipinski definition) is 1. The smallest absolute Gasteiger partial charge is 0.0459 e. The minimum absolute atomic E-state index is 0.390. The highest BCUT2D eigenvalue weighted by Crippen LogP contribution is 2.37. The summed E-state index contributed by atoms with van der Waals surface area (Å²) in [5.41, 5.74) is 0. The standard InChI is InChI=1S/C31H64O/c1-9-18-26(11-3)30(15-7)28(13-5)21-17-20-25(24-32)22-23-29(14-6)31(16-8)27(12-4)19-10-2/h25-32H,9-24H2,1-8H3. The second-order valence-corrected chi connectivity index (χ2v) is 11.0. The predicted molar refractivity (Wildman–Crippen MR) is 146 cm³/mol. The molecule has 0 aromatic carbocycles. The summed E-state index contributed by atoms with van der Waals surface area (Å²) in [5, 5.41) is 10.1. The van der Waals surface area contributed by atoms with E-state index in [1.807, 2.05) is 0 Å². The number of aliphatic hydroxyl groups excluding tert-OH is 1. The number of rotatable bonds is 22. The van der Waals surface area contributed by atoms with Gasteiger partial charge in [-0.3, -0.25) is 0 Å². The minimum atomic E-state index is 0.390. The fourth-order valence-electron chi connectivity index (χ4n) is 7.17. The van der Waals surface area contributed by atoms with E-state index in [-0.39, 0.29) is 0 Å². The van der Waals surface area contributed by atoms with E-state index in [0.717, 1.165) is 35.5 Å². The lowest BCUT2D eigenvalue weighted by molar-refractivity contribution is 0.149. The van der Waals surface area contributed by atoms with Crippen LogP contribution >= 0.6 is 0 Å². The Bertz CT molecular complexity index is 392. The molecule has 0 amide bonds. The van der Waals surface area contributed by atoms with Crippen molar-refractivity contribution in [3.63, 3.8) is 0 Å². The quantitative estimate of drug-likeness (QED) is 0.173. The van der Waals surface area contributed by atoms with Gasteiger partial charge in [-0.15, -0.1) is 0 Å². The van der Waals surface area contributed by atoms with E-state index in [4.69, 9.17) is 0 Å². The molecule has 0 fully saturated rings. The zero-order valence-electron chi connectivity index (χ0n) is 23.8. The molecule has 32 heavy (non-hydrogen) atoms. The van der Waals surface area contributed by atoms with Crippen LogP contribution in [0.4, 0.5) is 0 Å². The molecule has 0 saturated heterocycles. The molecule has 1 N–H and O–H groups in total. The zero-order valence-corrected chi connectivity index (χ0v) is 23.8. The van der Waals surface area contributed by atoms with E-state index in [1.54, 1.807) is 0 Å². The van der Waals surface area contributed by atoms with Gasteiger partial charge in [0, 0.05) is 6.61 Å². The summed E-state index contributed by atoms with van der Waals surface area (Å²) < 4.78 is 0. The van der Waals surface area contributed by atoms with E-state index in [1.165, 1.54) is 96.3 Å². The van der Waals surface area contributed by atoms with Crippen LogP contribution in [0.25, 0.3) is 0 Å². The molecule has 0 bridgehead atoms. The van der Waals surface area contributed by atoms with Gasteiger partial charge in [-0.25, -0.2) is 0 Å². The first-order valence-electron chi connectivity index (χ1n) is 15.1. The van der Waals surface area contributed by atoms with Gasteiger partial charge in [0.15, 0.2) is 0 Å². The second kappa shape index (κ2) is 20.3. The predicted octanol–water partition coefficient (Wildman–Crippen LogP) is 10.3. The normalized spacial score (nSPS) is 18.7. The molecule has 0 heterocycles. The summed E-state index contributed by atoms with van der Waals surface area (Å²) in [6.07, 6.45) is 19.9. The second-order valence-electron chi connectivity index (χ2n) is 11.0. The summed E-state index contributed by atoms with van der Waals surface area (Å²) in [4.78, 5) is 0. The van der Waals surface area contributed by atoms with Gasteiger partial charge < -0.3 is 5.11 Å². The number of aliphatic hydroxyl groups is 1. The molecule has 0 aliphatic rings. The summed E-state index contributed by atoms with van der Waals surface area (Å²) in [6, 6.07) is 0. The van der Waals surface area contributed by atoms with Gasteiger partial charge >= 0.3 is 0 Å². The molecule has 0 saturated carbocycles. The van der Waals surface area contributed by atoms with Crippen LogP contribution in [0.5, 0.6) is 0 Å². The molecule has 0 aliphatic heterocycles. The number of hydrogen-bond donors (Lipinski definition) is 1. The van der Waals surface area contributed by atoms with E-state index in [2.05, 4.69) is 55.4 Å². The molecule has 1 heteroatoms. The van der Waals surface area contributed by atoms with Crippen LogP contribution in [0.2, 0.25) is 0 Å². The van der Waals surface area contributed by atoms with Crippen molar-refractivity contribution < 1.29 is 5.11 Å².